The summed E-state index contributed by atoms with van der Waals surface area (Å²) < 4.78 is 43.1. The number of aromatic nitrogens is 1. The number of amides is 6. The van der Waals surface area contributed by atoms with Gasteiger partial charge in [0.2, 0.25) is 47.6 Å². The number of guanidine groups is 2. The molecule has 39 nitrogen and oxygen atoms in total. The van der Waals surface area contributed by atoms with E-state index in [1.165, 1.54) is 35.8 Å². The maximum absolute atomic E-state index is 15.2. The molecule has 566 valence electrons. The van der Waals surface area contributed by atoms with Gasteiger partial charge in [0.1, 0.15) is 121 Å². The van der Waals surface area contributed by atoms with Gasteiger partial charge in [-0.15, -0.1) is 0 Å². The molecular formula is C65H85N13O26. The molecule has 7 aliphatic heterocycles. The van der Waals surface area contributed by atoms with E-state index in [2.05, 4.69) is 47.2 Å². The fourth-order valence-electron chi connectivity index (χ4n) is 13.5. The molecule has 0 radical (unpaired) electrons. The van der Waals surface area contributed by atoms with E-state index in [-0.39, 0.29) is 36.3 Å². The van der Waals surface area contributed by atoms with Gasteiger partial charge in [0, 0.05) is 36.4 Å². The first kappa shape index (κ1) is 76.4. The number of para-hydroxylation sites is 1. The molecule has 11 rings (SSSR count). The summed E-state index contributed by atoms with van der Waals surface area (Å²) >= 11 is 0. The van der Waals surface area contributed by atoms with Gasteiger partial charge in [0.15, 0.2) is 30.7 Å². The lowest BCUT2D eigenvalue weighted by molar-refractivity contribution is -0.382. The van der Waals surface area contributed by atoms with Gasteiger partial charge in [0.25, 0.3) is 0 Å². The first-order valence-electron chi connectivity index (χ1n) is 33.4. The number of aliphatic imine (C=N–C) groups is 2. The van der Waals surface area contributed by atoms with Crippen LogP contribution in [0, 0.1) is 0 Å². The molecule has 0 bridgehead atoms. The molecule has 1 aromatic heterocycles. The zero-order valence-corrected chi connectivity index (χ0v) is 55.8. The van der Waals surface area contributed by atoms with Crippen molar-refractivity contribution in [3.8, 4) is 5.75 Å². The lowest BCUT2D eigenvalue weighted by Crippen LogP contribution is -2.70. The summed E-state index contributed by atoms with van der Waals surface area (Å²) in [5, 5.41) is 152. The topological polar surface area (TPSA) is 596 Å². The van der Waals surface area contributed by atoms with E-state index in [9.17, 15) is 85.3 Å². The number of ether oxygens (including phenoxy) is 7. The van der Waals surface area contributed by atoms with Crippen LogP contribution < -0.4 is 53.4 Å². The Morgan fingerprint density at radius 1 is 0.635 bits per heavy atom. The van der Waals surface area contributed by atoms with E-state index < -0.39 is 239 Å². The molecule has 0 spiro atoms. The SMILES string of the molecule is CC(=O)n1cc(C2OCC3OC(OC4C(CO)OC(Oc5ccc(CC6NC(=O)C(C(C)c7ccccc7)NC(=O)CNC(=O)C(CO)NC(=O)C(C(O)C7CN=C(N)N7C7OC(CO)C(O)C(O)C7O)NC(=O)C(C(O)C7CN=C(N)N7)NC6=O)cc5)C(O)C4O)C(O)C(O)C3O2)c2ccccc21. The summed E-state index contributed by atoms with van der Waals surface area (Å²) in [6.45, 7) is -1.97. The summed E-state index contributed by atoms with van der Waals surface area (Å²) in [6.07, 6.45) is -30.0. The second-order valence-electron chi connectivity index (χ2n) is 26.1. The Morgan fingerprint density at radius 2 is 1.29 bits per heavy atom. The molecule has 5 saturated heterocycles. The van der Waals surface area contributed by atoms with Crippen molar-refractivity contribution >= 4 is 64.2 Å². The van der Waals surface area contributed by atoms with Crippen LogP contribution in [0.5, 0.6) is 5.75 Å². The second kappa shape index (κ2) is 32.8. The highest BCUT2D eigenvalue weighted by molar-refractivity contribution is 5.99. The van der Waals surface area contributed by atoms with Crippen LogP contribution >= 0.6 is 0 Å². The number of aliphatic hydroxyl groups is 12. The minimum Gasteiger partial charge on any atom is -0.462 e. The Labute approximate surface area is 591 Å². The molecule has 5 fully saturated rings. The molecule has 23 N–H and O–H groups in total. The van der Waals surface area contributed by atoms with Crippen LogP contribution in [-0.2, 0) is 63.6 Å². The van der Waals surface area contributed by atoms with Crippen molar-refractivity contribution in [2.45, 2.75) is 179 Å². The lowest BCUT2D eigenvalue weighted by atomic mass is 9.92. The maximum Gasteiger partial charge on any atom is 0.246 e. The van der Waals surface area contributed by atoms with Crippen molar-refractivity contribution in [1.29, 1.82) is 0 Å². The molecular weight excluding hydrogens is 1380 g/mol. The van der Waals surface area contributed by atoms with Crippen molar-refractivity contribution < 1.29 is 128 Å². The molecule has 4 aromatic rings. The van der Waals surface area contributed by atoms with E-state index in [0.717, 1.165) is 4.90 Å². The van der Waals surface area contributed by atoms with Crippen molar-refractivity contribution in [3.05, 3.63) is 102 Å². The Bertz CT molecular complexity index is 3800. The third-order valence-corrected chi connectivity index (χ3v) is 19.3. The van der Waals surface area contributed by atoms with Gasteiger partial charge in [-0.2, -0.15) is 0 Å². The normalized spacial score (nSPS) is 35.7. The third-order valence-electron chi connectivity index (χ3n) is 19.3. The van der Waals surface area contributed by atoms with Crippen LogP contribution in [-0.4, -0.2) is 317 Å². The van der Waals surface area contributed by atoms with Crippen molar-refractivity contribution in [2.75, 3.05) is 46.1 Å². The zero-order chi connectivity index (χ0) is 74.7. The van der Waals surface area contributed by atoms with Crippen molar-refractivity contribution in [2.24, 2.45) is 21.5 Å². The Morgan fingerprint density at radius 3 is 1.97 bits per heavy atom. The van der Waals surface area contributed by atoms with Crippen LogP contribution in [0.25, 0.3) is 10.9 Å². The highest BCUT2D eigenvalue weighted by Gasteiger charge is 2.56. The molecule has 7 aliphatic rings. The molecule has 8 heterocycles. The monoisotopic (exact) mass is 1460 g/mol. The number of benzene rings is 3. The van der Waals surface area contributed by atoms with Crippen LogP contribution in [0.15, 0.2) is 95.0 Å². The second-order valence-corrected chi connectivity index (χ2v) is 26.1. The van der Waals surface area contributed by atoms with E-state index in [4.69, 9.17) is 44.6 Å². The molecule has 6 amide bonds. The van der Waals surface area contributed by atoms with Crippen molar-refractivity contribution in [1.82, 2.24) is 46.7 Å². The fraction of sp³-hybridized carbons (Fsp3) is 0.554. The van der Waals surface area contributed by atoms with Crippen LogP contribution in [0.2, 0.25) is 0 Å². The summed E-state index contributed by atoms with van der Waals surface area (Å²) in [5.74, 6) is -9.27. The largest absolute Gasteiger partial charge is 0.462 e. The number of hydrogen-bond acceptors (Lipinski definition) is 32. The van der Waals surface area contributed by atoms with Gasteiger partial charge in [-0.25, -0.2) is 0 Å². The highest BCUT2D eigenvalue weighted by atomic mass is 16.8. The molecule has 0 saturated carbocycles. The van der Waals surface area contributed by atoms with Crippen LogP contribution in [0.1, 0.15) is 47.5 Å². The molecule has 26 atom stereocenters. The summed E-state index contributed by atoms with van der Waals surface area (Å²) in [5.41, 5.74) is 13.9. The van der Waals surface area contributed by atoms with Crippen LogP contribution in [0.4, 0.5) is 0 Å². The number of aliphatic hydroxyl groups excluding tert-OH is 12. The molecule has 3 aromatic carbocycles. The number of carbonyl (C=O) groups is 7. The first-order valence-corrected chi connectivity index (χ1v) is 33.4. The maximum atomic E-state index is 15.2. The first-order chi connectivity index (χ1) is 49.7. The minimum absolute atomic E-state index is 0.0628. The minimum atomic E-state index is -2.35. The van der Waals surface area contributed by atoms with Crippen LogP contribution in [0.3, 0.4) is 0 Å². The van der Waals surface area contributed by atoms with E-state index in [1.807, 2.05) is 0 Å². The molecule has 104 heavy (non-hydrogen) atoms. The number of nitrogens with one attached hydrogen (secondary N) is 7. The average molecular weight is 1460 g/mol. The summed E-state index contributed by atoms with van der Waals surface area (Å²) in [4.78, 5) is 109. The highest BCUT2D eigenvalue weighted by Crippen LogP contribution is 2.39. The van der Waals surface area contributed by atoms with Gasteiger partial charge in [-0.1, -0.05) is 67.6 Å². The quantitative estimate of drug-likeness (QED) is 0.0467. The Hall–Kier alpha value is -8.69. The van der Waals surface area contributed by atoms with Gasteiger partial charge < -0.3 is 148 Å². The van der Waals surface area contributed by atoms with Gasteiger partial charge in [-0.05, 0) is 29.3 Å². The predicted molar refractivity (Wildman–Crippen MR) is 352 cm³/mol. The number of fused-ring (bicyclic) bond motifs is 2. The molecule has 39 heteroatoms. The summed E-state index contributed by atoms with van der Waals surface area (Å²) in [6, 6.07) is 7.91. The number of nitrogens with two attached hydrogens (primary N) is 2. The van der Waals surface area contributed by atoms with E-state index in [1.54, 1.807) is 67.7 Å². The molecule has 0 aliphatic carbocycles. The summed E-state index contributed by atoms with van der Waals surface area (Å²) in [7, 11) is 0. The smallest absolute Gasteiger partial charge is 0.246 e. The van der Waals surface area contributed by atoms with Gasteiger partial charge in [0.05, 0.1) is 63.7 Å². The zero-order valence-electron chi connectivity index (χ0n) is 55.8. The predicted octanol–water partition coefficient (Wildman–Crippen LogP) is -10.2. The third kappa shape index (κ3) is 16.1. The number of rotatable bonds is 17. The van der Waals surface area contributed by atoms with Gasteiger partial charge in [-0.3, -0.25) is 48.1 Å². The molecule has 26 unspecified atom stereocenters. The number of hydrogen-bond donors (Lipinski definition) is 21. The number of carbonyl (C=O) groups excluding carboxylic acids is 7. The van der Waals surface area contributed by atoms with E-state index >= 15 is 9.59 Å². The fourth-order valence-corrected chi connectivity index (χ4v) is 13.5. The Balaban J connectivity index is 0.835. The standard InChI is InChI=1S/C65H85N13O26/c1-25(28-8-4-3-5-9-28)41-57(95)71-32(16-27-12-14-29(15-13-27)99-62-51(91)48(88)53(38(23-81)101-62)104-63-52(92)49(89)54-39(102-63)24-98-61(103-54)31-20-77(26(2)82)35-11-7-6-10-30(31)35)56(94)75-42(44(84)33-17-69-64(66)73-33)59(97)76-43(58(96)72-34(21-79)55(93)68-19-40(83)74-41)45(85)36-18-70-65(67)78(36)60-50(90)47(87)46(86)37(22-80)100-60/h3-15,20,25,32-34,36-39,41-54,60-63,79-81,84-92H,16-19,21-24H2,1-2H3,(H2,67,70)(H,68,93)(H,71,95)(H,72,96)(H,74,83)(H,75,94)(H,76,97)(H3,66,69,73). The van der Waals surface area contributed by atoms with Gasteiger partial charge >= 0.3 is 0 Å². The van der Waals surface area contributed by atoms with Crippen molar-refractivity contribution in [3.63, 3.8) is 0 Å². The Kier molecular flexibility index (Phi) is 24.1. The average Bonchev–Trinajstić information content (AvgIpc) is 1.45. The lowest BCUT2D eigenvalue weighted by Gasteiger charge is -2.48. The van der Waals surface area contributed by atoms with E-state index in [0.29, 0.717) is 22.0 Å². The number of nitrogens with zero attached hydrogens (tertiary/aromatic N) is 4.